The number of methoxy groups -OCH3 is 1. The highest BCUT2D eigenvalue weighted by atomic mass is 32.1. The van der Waals surface area contributed by atoms with Gasteiger partial charge in [-0.1, -0.05) is 0 Å². The summed E-state index contributed by atoms with van der Waals surface area (Å²) in [4.78, 5) is 14.6. The minimum absolute atomic E-state index is 0.398. The van der Waals surface area contributed by atoms with Crippen molar-refractivity contribution in [2.75, 3.05) is 13.7 Å². The van der Waals surface area contributed by atoms with Gasteiger partial charge in [0.25, 0.3) is 0 Å². The molecule has 0 unspecified atom stereocenters. The van der Waals surface area contributed by atoms with Crippen molar-refractivity contribution in [3.63, 3.8) is 0 Å². The molecule has 3 N–H and O–H groups in total. The SMILES string of the molecule is CCNC(=NCc1nc(-c2ccc(OC)cc2)n[nH]1)NCc1ncc(C)s1. The van der Waals surface area contributed by atoms with Gasteiger partial charge in [0, 0.05) is 23.2 Å². The van der Waals surface area contributed by atoms with Gasteiger partial charge in [-0.25, -0.2) is 15.0 Å². The lowest BCUT2D eigenvalue weighted by Gasteiger charge is -2.09. The van der Waals surface area contributed by atoms with Crippen LogP contribution in [0.15, 0.2) is 35.5 Å². The highest BCUT2D eigenvalue weighted by Crippen LogP contribution is 2.19. The second-order valence-corrected chi connectivity index (χ2v) is 7.07. The zero-order valence-electron chi connectivity index (χ0n) is 15.6. The Kier molecular flexibility index (Phi) is 6.37. The Bertz CT molecular complexity index is 885. The molecule has 0 amide bonds. The Hall–Kier alpha value is -2.94. The topological polar surface area (TPSA) is 100 Å². The molecule has 0 bridgehead atoms. The molecule has 0 saturated heterocycles. The summed E-state index contributed by atoms with van der Waals surface area (Å²) in [6, 6.07) is 7.63. The summed E-state index contributed by atoms with van der Waals surface area (Å²) in [5.41, 5.74) is 0.923. The van der Waals surface area contributed by atoms with Crippen LogP contribution in [0.3, 0.4) is 0 Å². The maximum Gasteiger partial charge on any atom is 0.192 e. The number of benzene rings is 1. The van der Waals surface area contributed by atoms with Gasteiger partial charge in [-0.3, -0.25) is 5.10 Å². The standard InChI is InChI=1S/C18H23N7OS/c1-4-19-18(22-11-16-20-9-12(2)27-16)21-10-15-23-17(25-24-15)13-5-7-14(26-3)8-6-13/h5-9H,4,10-11H2,1-3H3,(H2,19,21,22)(H,23,24,25). The second kappa shape index (κ2) is 9.13. The minimum atomic E-state index is 0.398. The first-order valence-electron chi connectivity index (χ1n) is 8.67. The van der Waals surface area contributed by atoms with Gasteiger partial charge in [0.15, 0.2) is 11.8 Å². The zero-order valence-corrected chi connectivity index (χ0v) is 16.4. The fraction of sp³-hybridized carbons (Fsp3) is 0.333. The summed E-state index contributed by atoms with van der Waals surface area (Å²) in [5, 5.41) is 14.7. The summed E-state index contributed by atoms with van der Waals surface area (Å²) < 4.78 is 5.17. The summed E-state index contributed by atoms with van der Waals surface area (Å²) in [7, 11) is 1.64. The fourth-order valence-electron chi connectivity index (χ4n) is 2.37. The van der Waals surface area contributed by atoms with E-state index in [4.69, 9.17) is 4.74 Å². The number of aromatic nitrogens is 4. The van der Waals surface area contributed by atoms with E-state index in [9.17, 15) is 0 Å². The van der Waals surface area contributed by atoms with E-state index < -0.39 is 0 Å². The van der Waals surface area contributed by atoms with Crippen LogP contribution in [-0.2, 0) is 13.1 Å². The summed E-state index contributed by atoms with van der Waals surface area (Å²) in [6.07, 6.45) is 1.88. The predicted octanol–water partition coefficient (Wildman–Crippen LogP) is 2.50. The van der Waals surface area contributed by atoms with Gasteiger partial charge in [-0.2, -0.15) is 5.10 Å². The molecule has 9 heteroatoms. The normalized spacial score (nSPS) is 11.4. The van der Waals surface area contributed by atoms with Gasteiger partial charge >= 0.3 is 0 Å². The van der Waals surface area contributed by atoms with Crippen LogP contribution in [0.2, 0.25) is 0 Å². The number of H-pyrrole nitrogens is 1. The number of hydrogen-bond donors (Lipinski definition) is 3. The first kappa shape index (κ1) is 18.8. The van der Waals surface area contributed by atoms with E-state index in [1.807, 2.05) is 44.3 Å². The van der Waals surface area contributed by atoms with Crippen LogP contribution < -0.4 is 15.4 Å². The third-order valence-electron chi connectivity index (χ3n) is 3.69. The maximum atomic E-state index is 5.17. The summed E-state index contributed by atoms with van der Waals surface area (Å²) >= 11 is 1.67. The zero-order chi connectivity index (χ0) is 19.1. The quantitative estimate of drug-likeness (QED) is 0.427. The van der Waals surface area contributed by atoms with Crippen molar-refractivity contribution < 1.29 is 4.74 Å². The van der Waals surface area contributed by atoms with Crippen LogP contribution in [0.25, 0.3) is 11.4 Å². The lowest BCUT2D eigenvalue weighted by Crippen LogP contribution is -2.36. The number of hydrogen-bond acceptors (Lipinski definition) is 6. The average molecular weight is 385 g/mol. The van der Waals surface area contributed by atoms with Gasteiger partial charge in [0.1, 0.15) is 23.1 Å². The van der Waals surface area contributed by atoms with E-state index in [0.717, 1.165) is 22.9 Å². The van der Waals surface area contributed by atoms with Crippen molar-refractivity contribution in [2.45, 2.75) is 26.9 Å². The number of guanidine groups is 1. The van der Waals surface area contributed by atoms with Gasteiger partial charge in [0.2, 0.25) is 0 Å². The highest BCUT2D eigenvalue weighted by molar-refractivity contribution is 7.11. The Balaban J connectivity index is 1.62. The number of aliphatic imine (C=N–C) groups is 1. The van der Waals surface area contributed by atoms with Crippen LogP contribution >= 0.6 is 11.3 Å². The number of thiazole rings is 1. The Morgan fingerprint density at radius 3 is 2.74 bits per heavy atom. The van der Waals surface area contributed by atoms with E-state index in [1.54, 1.807) is 18.4 Å². The number of rotatable bonds is 7. The highest BCUT2D eigenvalue weighted by Gasteiger charge is 2.07. The van der Waals surface area contributed by atoms with Crippen LogP contribution in [0, 0.1) is 6.92 Å². The van der Waals surface area contributed by atoms with E-state index in [-0.39, 0.29) is 0 Å². The maximum absolute atomic E-state index is 5.17. The van der Waals surface area contributed by atoms with E-state index in [2.05, 4.69) is 35.8 Å². The Labute approximate surface area is 162 Å². The number of ether oxygens (including phenoxy) is 1. The molecule has 0 atom stereocenters. The molecule has 8 nitrogen and oxygen atoms in total. The molecular formula is C18H23N7OS. The predicted molar refractivity (Wildman–Crippen MR) is 107 cm³/mol. The summed E-state index contributed by atoms with van der Waals surface area (Å²) in [6.45, 7) is 5.88. The van der Waals surface area contributed by atoms with E-state index >= 15 is 0 Å². The average Bonchev–Trinajstić information content (AvgIpc) is 3.33. The molecule has 0 radical (unpaired) electrons. The molecule has 3 rings (SSSR count). The smallest absolute Gasteiger partial charge is 0.192 e. The van der Waals surface area contributed by atoms with Gasteiger partial charge in [0.05, 0.1) is 13.7 Å². The molecule has 0 saturated carbocycles. The fourth-order valence-corrected chi connectivity index (χ4v) is 3.10. The van der Waals surface area contributed by atoms with Crippen molar-refractivity contribution in [2.24, 2.45) is 4.99 Å². The van der Waals surface area contributed by atoms with Crippen molar-refractivity contribution in [3.8, 4) is 17.1 Å². The third-order valence-corrected chi connectivity index (χ3v) is 4.60. The molecule has 142 valence electrons. The molecule has 1 aromatic carbocycles. The molecule has 0 aliphatic heterocycles. The molecule has 27 heavy (non-hydrogen) atoms. The molecule has 0 spiro atoms. The van der Waals surface area contributed by atoms with Crippen LogP contribution in [-0.4, -0.2) is 39.8 Å². The van der Waals surface area contributed by atoms with Gasteiger partial charge < -0.3 is 15.4 Å². The molecule has 2 heterocycles. The minimum Gasteiger partial charge on any atom is -0.497 e. The van der Waals surface area contributed by atoms with Gasteiger partial charge in [-0.05, 0) is 38.1 Å². The summed E-state index contributed by atoms with van der Waals surface area (Å²) in [5.74, 6) is 2.85. The van der Waals surface area contributed by atoms with Crippen molar-refractivity contribution in [1.82, 2.24) is 30.8 Å². The molecule has 3 aromatic rings. The third kappa shape index (κ3) is 5.27. The molecule has 0 fully saturated rings. The number of aryl methyl sites for hydroxylation is 1. The van der Waals surface area contributed by atoms with Crippen LogP contribution in [0.1, 0.15) is 22.6 Å². The molecule has 2 aromatic heterocycles. The molecular weight excluding hydrogens is 362 g/mol. The second-order valence-electron chi connectivity index (χ2n) is 5.75. The van der Waals surface area contributed by atoms with Gasteiger partial charge in [-0.15, -0.1) is 11.3 Å². The Morgan fingerprint density at radius 2 is 2.07 bits per heavy atom. The van der Waals surface area contributed by atoms with E-state index in [1.165, 1.54) is 4.88 Å². The van der Waals surface area contributed by atoms with Crippen molar-refractivity contribution in [3.05, 3.63) is 46.2 Å². The number of nitrogens with one attached hydrogen (secondary N) is 3. The van der Waals surface area contributed by atoms with Crippen LogP contribution in [0.5, 0.6) is 5.75 Å². The lowest BCUT2D eigenvalue weighted by molar-refractivity contribution is 0.415. The van der Waals surface area contributed by atoms with E-state index in [0.29, 0.717) is 30.7 Å². The Morgan fingerprint density at radius 1 is 1.26 bits per heavy atom. The lowest BCUT2D eigenvalue weighted by atomic mass is 10.2. The largest absolute Gasteiger partial charge is 0.497 e. The molecule has 0 aliphatic rings. The first-order valence-corrected chi connectivity index (χ1v) is 9.48. The van der Waals surface area contributed by atoms with Crippen molar-refractivity contribution >= 4 is 17.3 Å². The van der Waals surface area contributed by atoms with Crippen LogP contribution in [0.4, 0.5) is 0 Å². The molecule has 0 aliphatic carbocycles. The number of nitrogens with zero attached hydrogens (tertiary/aromatic N) is 4. The number of aromatic amines is 1. The van der Waals surface area contributed by atoms with Crippen molar-refractivity contribution in [1.29, 1.82) is 0 Å². The monoisotopic (exact) mass is 385 g/mol. The first-order chi connectivity index (χ1) is 13.2.